The second-order valence-corrected chi connectivity index (χ2v) is 9.18. The first-order valence-electron chi connectivity index (χ1n) is 10.5. The van der Waals surface area contributed by atoms with Gasteiger partial charge in [0.25, 0.3) is 5.91 Å². The normalized spacial score (nSPS) is 12.6. The second kappa shape index (κ2) is 11.1. The van der Waals surface area contributed by atoms with E-state index < -0.39 is 16.1 Å². The Bertz CT molecular complexity index is 903. The van der Waals surface area contributed by atoms with Gasteiger partial charge in [0.05, 0.1) is 4.90 Å². The zero-order valence-corrected chi connectivity index (χ0v) is 19.0. The molecule has 0 saturated carbocycles. The molecule has 0 saturated heterocycles. The predicted octanol–water partition coefficient (Wildman–Crippen LogP) is 4.60. The van der Waals surface area contributed by atoms with Crippen LogP contribution in [0.4, 0.5) is 5.69 Å². The SMILES string of the molecule is CCCN(CCC)S(=O)(=O)c1ccc(NC(=O)C(CC)Oc2ccc(C)cc2)cc1. The zero-order valence-electron chi connectivity index (χ0n) is 18.2. The number of anilines is 1. The van der Waals surface area contributed by atoms with Crippen LogP contribution in [0.1, 0.15) is 45.6 Å². The Kier molecular flexibility index (Phi) is 8.87. The minimum absolute atomic E-state index is 0.227. The first-order chi connectivity index (χ1) is 14.3. The van der Waals surface area contributed by atoms with Crippen LogP contribution in [0.2, 0.25) is 0 Å². The van der Waals surface area contributed by atoms with E-state index in [2.05, 4.69) is 5.32 Å². The Balaban J connectivity index is 2.08. The minimum atomic E-state index is -3.54. The lowest BCUT2D eigenvalue weighted by atomic mass is 10.2. The average Bonchev–Trinajstić information content (AvgIpc) is 2.73. The highest BCUT2D eigenvalue weighted by Crippen LogP contribution is 2.20. The van der Waals surface area contributed by atoms with Crippen molar-refractivity contribution in [2.24, 2.45) is 0 Å². The van der Waals surface area contributed by atoms with Crippen LogP contribution >= 0.6 is 0 Å². The van der Waals surface area contributed by atoms with Crippen molar-refractivity contribution in [3.63, 3.8) is 0 Å². The molecule has 2 aromatic carbocycles. The summed E-state index contributed by atoms with van der Waals surface area (Å²) >= 11 is 0. The summed E-state index contributed by atoms with van der Waals surface area (Å²) in [5, 5.41) is 2.81. The highest BCUT2D eigenvalue weighted by Gasteiger charge is 2.23. The lowest BCUT2D eigenvalue weighted by molar-refractivity contribution is -0.122. The summed E-state index contributed by atoms with van der Waals surface area (Å²) < 4.78 is 33.0. The quantitative estimate of drug-likeness (QED) is 0.563. The van der Waals surface area contributed by atoms with Crippen LogP contribution in [0.3, 0.4) is 0 Å². The van der Waals surface area contributed by atoms with Crippen molar-refractivity contribution in [2.45, 2.75) is 58.0 Å². The van der Waals surface area contributed by atoms with E-state index in [1.54, 1.807) is 12.1 Å². The molecule has 1 unspecified atom stereocenters. The maximum atomic E-state index is 12.8. The number of nitrogens with zero attached hydrogens (tertiary/aromatic N) is 1. The molecular weight excluding hydrogens is 400 g/mol. The van der Waals surface area contributed by atoms with E-state index in [9.17, 15) is 13.2 Å². The molecule has 1 amide bonds. The molecule has 0 aliphatic rings. The summed E-state index contributed by atoms with van der Waals surface area (Å²) in [4.78, 5) is 12.8. The third-order valence-corrected chi connectivity index (χ3v) is 6.58. The van der Waals surface area contributed by atoms with Crippen molar-refractivity contribution in [3.05, 3.63) is 54.1 Å². The number of hydrogen-bond acceptors (Lipinski definition) is 4. The maximum Gasteiger partial charge on any atom is 0.265 e. The first-order valence-corrected chi connectivity index (χ1v) is 11.9. The molecule has 0 aliphatic carbocycles. The summed E-state index contributed by atoms with van der Waals surface area (Å²) in [6, 6.07) is 13.8. The molecule has 164 valence electrons. The third-order valence-electron chi connectivity index (χ3n) is 4.67. The number of carbonyl (C=O) groups excluding carboxylic acids is 1. The number of hydrogen-bond donors (Lipinski definition) is 1. The highest BCUT2D eigenvalue weighted by atomic mass is 32.2. The fourth-order valence-corrected chi connectivity index (χ4v) is 4.66. The van der Waals surface area contributed by atoms with Crippen LogP contribution in [0, 0.1) is 6.92 Å². The highest BCUT2D eigenvalue weighted by molar-refractivity contribution is 7.89. The standard InChI is InChI=1S/C23H32N2O4S/c1-5-16-25(17-6-2)30(27,28)21-14-10-19(11-15-21)24-23(26)22(7-3)29-20-12-8-18(4)9-13-20/h8-15,22H,5-7,16-17H2,1-4H3,(H,24,26). The van der Waals surface area contributed by atoms with Crippen LogP contribution in [0.15, 0.2) is 53.4 Å². The van der Waals surface area contributed by atoms with E-state index in [-0.39, 0.29) is 10.8 Å². The fraction of sp³-hybridized carbons (Fsp3) is 0.435. The number of amides is 1. The lowest BCUT2D eigenvalue weighted by Gasteiger charge is -2.21. The van der Waals surface area contributed by atoms with Crippen molar-refractivity contribution in [1.82, 2.24) is 4.31 Å². The molecule has 1 N–H and O–H groups in total. The van der Waals surface area contributed by atoms with Gasteiger partial charge in [0.1, 0.15) is 5.75 Å². The van der Waals surface area contributed by atoms with E-state index in [1.165, 1.54) is 16.4 Å². The predicted molar refractivity (Wildman–Crippen MR) is 120 cm³/mol. The monoisotopic (exact) mass is 432 g/mol. The molecule has 0 bridgehead atoms. The van der Waals surface area contributed by atoms with E-state index in [1.807, 2.05) is 52.0 Å². The Morgan fingerprint density at radius 1 is 0.967 bits per heavy atom. The number of nitrogens with one attached hydrogen (secondary N) is 1. The summed E-state index contributed by atoms with van der Waals surface area (Å²) in [6.45, 7) is 8.76. The van der Waals surface area contributed by atoms with Gasteiger partial charge in [-0.3, -0.25) is 4.79 Å². The van der Waals surface area contributed by atoms with Gasteiger partial charge >= 0.3 is 0 Å². The Morgan fingerprint density at radius 3 is 2.03 bits per heavy atom. The van der Waals surface area contributed by atoms with Gasteiger partial charge in [0, 0.05) is 18.8 Å². The van der Waals surface area contributed by atoms with Crippen LogP contribution in [0.5, 0.6) is 5.75 Å². The Morgan fingerprint density at radius 2 is 1.53 bits per heavy atom. The number of benzene rings is 2. The number of aryl methyl sites for hydroxylation is 1. The summed E-state index contributed by atoms with van der Waals surface area (Å²) in [6.07, 6.45) is 1.38. The molecule has 2 aromatic rings. The van der Waals surface area contributed by atoms with E-state index >= 15 is 0 Å². The molecule has 0 fully saturated rings. The van der Waals surface area contributed by atoms with Crippen molar-refractivity contribution < 1.29 is 17.9 Å². The number of carbonyl (C=O) groups is 1. The van der Waals surface area contributed by atoms with Gasteiger partial charge in [-0.2, -0.15) is 4.31 Å². The van der Waals surface area contributed by atoms with Gasteiger partial charge in [0.2, 0.25) is 10.0 Å². The lowest BCUT2D eigenvalue weighted by Crippen LogP contribution is -2.33. The van der Waals surface area contributed by atoms with Gasteiger partial charge in [-0.1, -0.05) is 38.5 Å². The fourth-order valence-electron chi connectivity index (χ4n) is 3.04. The number of ether oxygens (including phenoxy) is 1. The molecule has 1 atom stereocenters. The molecule has 6 nitrogen and oxygen atoms in total. The molecule has 0 aliphatic heterocycles. The van der Waals surface area contributed by atoms with Crippen molar-refractivity contribution in [1.29, 1.82) is 0 Å². The molecule has 0 spiro atoms. The summed E-state index contributed by atoms with van der Waals surface area (Å²) in [5.74, 6) is 0.364. The van der Waals surface area contributed by atoms with E-state index in [0.717, 1.165) is 18.4 Å². The minimum Gasteiger partial charge on any atom is -0.481 e. The zero-order chi connectivity index (χ0) is 22.1. The van der Waals surface area contributed by atoms with Crippen LogP contribution in [-0.4, -0.2) is 37.8 Å². The summed E-state index contributed by atoms with van der Waals surface area (Å²) in [7, 11) is -3.54. The topological polar surface area (TPSA) is 75.7 Å². The van der Waals surface area contributed by atoms with E-state index in [0.29, 0.717) is 30.9 Å². The van der Waals surface area contributed by atoms with Gasteiger partial charge in [-0.05, 0) is 62.6 Å². The molecule has 0 aromatic heterocycles. The molecule has 7 heteroatoms. The first kappa shape index (κ1) is 23.9. The second-order valence-electron chi connectivity index (χ2n) is 7.25. The number of sulfonamides is 1. The maximum absolute atomic E-state index is 12.8. The van der Waals surface area contributed by atoms with Crippen LogP contribution in [0.25, 0.3) is 0 Å². The summed E-state index contributed by atoms with van der Waals surface area (Å²) in [5.41, 5.74) is 1.65. The molecule has 30 heavy (non-hydrogen) atoms. The average molecular weight is 433 g/mol. The van der Waals surface area contributed by atoms with Crippen LogP contribution < -0.4 is 10.1 Å². The molecule has 0 heterocycles. The Labute approximate surface area is 180 Å². The van der Waals surface area contributed by atoms with Gasteiger partial charge < -0.3 is 10.1 Å². The largest absolute Gasteiger partial charge is 0.481 e. The van der Waals surface area contributed by atoms with Gasteiger partial charge in [0.15, 0.2) is 6.10 Å². The van der Waals surface area contributed by atoms with Crippen LogP contribution in [-0.2, 0) is 14.8 Å². The van der Waals surface area contributed by atoms with Gasteiger partial charge in [-0.25, -0.2) is 8.42 Å². The number of rotatable bonds is 11. The third kappa shape index (κ3) is 6.31. The molecular formula is C23H32N2O4S. The van der Waals surface area contributed by atoms with Crippen molar-refractivity contribution >= 4 is 21.6 Å². The van der Waals surface area contributed by atoms with E-state index in [4.69, 9.17) is 4.74 Å². The van der Waals surface area contributed by atoms with Crippen molar-refractivity contribution in [3.8, 4) is 5.75 Å². The smallest absolute Gasteiger partial charge is 0.265 e. The molecule has 2 rings (SSSR count). The molecule has 0 radical (unpaired) electrons. The van der Waals surface area contributed by atoms with Gasteiger partial charge in [-0.15, -0.1) is 0 Å². The Hall–Kier alpha value is -2.38. The van der Waals surface area contributed by atoms with Crippen molar-refractivity contribution in [2.75, 3.05) is 18.4 Å².